The highest BCUT2D eigenvalue weighted by atomic mass is 32.1. The number of benzene rings is 1. The Hall–Kier alpha value is -2.01. The summed E-state index contributed by atoms with van der Waals surface area (Å²) in [5, 5.41) is 17.5. The fourth-order valence-corrected chi connectivity index (χ4v) is 1.98. The number of phenols is 1. The number of phenolic OH excluding ortho intramolecular Hbond substituents is 1. The SMILES string of the molecule is Cc1ccc(NC(=O)Nc2cccs2)c(O)c1. The molecule has 0 spiro atoms. The predicted octanol–water partition coefficient (Wildman–Crippen LogP) is 3.41. The molecule has 0 aliphatic heterocycles. The van der Waals surface area contributed by atoms with E-state index < -0.39 is 0 Å². The van der Waals surface area contributed by atoms with Gasteiger partial charge in [-0.2, -0.15) is 0 Å². The molecule has 0 bridgehead atoms. The fourth-order valence-electron chi connectivity index (χ4n) is 1.36. The maximum atomic E-state index is 11.6. The second-order valence-corrected chi connectivity index (χ2v) is 4.52. The van der Waals surface area contributed by atoms with Crippen molar-refractivity contribution in [2.24, 2.45) is 0 Å². The number of carbonyl (C=O) groups excluding carboxylic acids is 1. The van der Waals surface area contributed by atoms with Crippen LogP contribution in [0.3, 0.4) is 0 Å². The predicted molar refractivity (Wildman–Crippen MR) is 69.8 cm³/mol. The largest absolute Gasteiger partial charge is 0.506 e. The van der Waals surface area contributed by atoms with E-state index in [4.69, 9.17) is 0 Å². The number of rotatable bonds is 2. The standard InChI is InChI=1S/C12H12N2O2S/c1-8-4-5-9(10(15)7-8)13-12(16)14-11-3-2-6-17-11/h2-7,15H,1H3,(H2,13,14,16). The quantitative estimate of drug-likeness (QED) is 0.713. The van der Waals surface area contributed by atoms with Gasteiger partial charge in [0, 0.05) is 0 Å². The van der Waals surface area contributed by atoms with Gasteiger partial charge in [-0.15, -0.1) is 11.3 Å². The highest BCUT2D eigenvalue weighted by Gasteiger charge is 2.06. The zero-order valence-electron chi connectivity index (χ0n) is 9.23. The van der Waals surface area contributed by atoms with Crippen molar-refractivity contribution >= 4 is 28.1 Å². The van der Waals surface area contributed by atoms with Crippen LogP contribution in [0.2, 0.25) is 0 Å². The van der Waals surface area contributed by atoms with Gasteiger partial charge in [0.05, 0.1) is 10.7 Å². The summed E-state index contributed by atoms with van der Waals surface area (Å²) in [6, 6.07) is 8.37. The van der Waals surface area contributed by atoms with Crippen LogP contribution in [0.5, 0.6) is 5.75 Å². The average molecular weight is 248 g/mol. The normalized spacial score (nSPS) is 9.94. The van der Waals surface area contributed by atoms with Crippen molar-refractivity contribution < 1.29 is 9.90 Å². The molecule has 88 valence electrons. The van der Waals surface area contributed by atoms with Crippen LogP contribution >= 0.6 is 11.3 Å². The minimum absolute atomic E-state index is 0.0614. The molecule has 17 heavy (non-hydrogen) atoms. The fraction of sp³-hybridized carbons (Fsp3) is 0.0833. The summed E-state index contributed by atoms with van der Waals surface area (Å²) in [5.41, 5.74) is 1.33. The Kier molecular flexibility index (Phi) is 3.30. The van der Waals surface area contributed by atoms with Gasteiger partial charge in [-0.1, -0.05) is 6.07 Å². The van der Waals surface area contributed by atoms with E-state index in [1.165, 1.54) is 11.3 Å². The molecule has 1 heterocycles. The van der Waals surface area contributed by atoms with Crippen LogP contribution < -0.4 is 10.6 Å². The van der Waals surface area contributed by atoms with E-state index in [1.54, 1.807) is 18.2 Å². The van der Waals surface area contributed by atoms with Crippen molar-refractivity contribution in [2.75, 3.05) is 10.6 Å². The maximum absolute atomic E-state index is 11.6. The first-order valence-electron chi connectivity index (χ1n) is 5.06. The molecule has 5 heteroatoms. The Bertz CT molecular complexity index is 523. The van der Waals surface area contributed by atoms with Gasteiger partial charge in [-0.05, 0) is 42.1 Å². The maximum Gasteiger partial charge on any atom is 0.324 e. The third kappa shape index (κ3) is 2.98. The monoisotopic (exact) mass is 248 g/mol. The Morgan fingerprint density at radius 2 is 2.12 bits per heavy atom. The molecule has 4 nitrogen and oxygen atoms in total. The van der Waals surface area contributed by atoms with Crippen molar-refractivity contribution in [3.05, 3.63) is 41.3 Å². The Labute approximate surface area is 103 Å². The summed E-state index contributed by atoms with van der Waals surface area (Å²) in [6.45, 7) is 1.87. The number of aryl methyl sites for hydroxylation is 1. The summed E-state index contributed by atoms with van der Waals surface area (Å²) in [5.74, 6) is 0.0614. The summed E-state index contributed by atoms with van der Waals surface area (Å²) >= 11 is 1.43. The lowest BCUT2D eigenvalue weighted by molar-refractivity contribution is 0.262. The van der Waals surface area contributed by atoms with Gasteiger partial charge in [-0.25, -0.2) is 4.79 Å². The molecule has 0 aliphatic carbocycles. The summed E-state index contributed by atoms with van der Waals surface area (Å²) in [6.07, 6.45) is 0. The zero-order chi connectivity index (χ0) is 12.3. The number of carbonyl (C=O) groups is 1. The van der Waals surface area contributed by atoms with Crippen molar-refractivity contribution in [1.29, 1.82) is 0 Å². The highest BCUT2D eigenvalue weighted by Crippen LogP contribution is 2.24. The van der Waals surface area contributed by atoms with Crippen LogP contribution in [0.15, 0.2) is 35.7 Å². The number of aromatic hydroxyl groups is 1. The number of amides is 2. The van der Waals surface area contributed by atoms with Crippen LogP contribution in [-0.2, 0) is 0 Å². The number of anilines is 2. The minimum atomic E-state index is -0.369. The summed E-state index contributed by atoms with van der Waals surface area (Å²) in [4.78, 5) is 11.6. The lowest BCUT2D eigenvalue weighted by Gasteiger charge is -2.08. The van der Waals surface area contributed by atoms with Gasteiger partial charge in [0.2, 0.25) is 0 Å². The third-order valence-corrected chi connectivity index (χ3v) is 2.94. The molecule has 2 rings (SSSR count). The van der Waals surface area contributed by atoms with Crippen LogP contribution in [0.4, 0.5) is 15.5 Å². The van der Waals surface area contributed by atoms with Crippen LogP contribution in [0.25, 0.3) is 0 Å². The Morgan fingerprint density at radius 1 is 1.29 bits per heavy atom. The second-order valence-electron chi connectivity index (χ2n) is 3.58. The molecular formula is C12H12N2O2S. The van der Waals surface area contributed by atoms with Gasteiger partial charge in [-0.3, -0.25) is 5.32 Å². The van der Waals surface area contributed by atoms with E-state index in [0.29, 0.717) is 5.69 Å². The molecule has 0 atom stereocenters. The van der Waals surface area contributed by atoms with Gasteiger partial charge in [0.1, 0.15) is 5.75 Å². The van der Waals surface area contributed by atoms with Gasteiger partial charge in [0.15, 0.2) is 0 Å². The first-order valence-corrected chi connectivity index (χ1v) is 5.94. The van der Waals surface area contributed by atoms with E-state index in [9.17, 15) is 9.90 Å². The molecule has 2 aromatic rings. The van der Waals surface area contributed by atoms with E-state index in [1.807, 2.05) is 24.4 Å². The van der Waals surface area contributed by atoms with Crippen molar-refractivity contribution in [1.82, 2.24) is 0 Å². The lowest BCUT2D eigenvalue weighted by Crippen LogP contribution is -2.18. The molecule has 0 unspecified atom stereocenters. The molecule has 0 saturated carbocycles. The lowest BCUT2D eigenvalue weighted by atomic mass is 10.2. The average Bonchev–Trinajstić information content (AvgIpc) is 2.75. The molecule has 2 amide bonds. The molecule has 0 radical (unpaired) electrons. The topological polar surface area (TPSA) is 61.4 Å². The first kappa shape index (κ1) is 11.5. The zero-order valence-corrected chi connectivity index (χ0v) is 10.0. The smallest absolute Gasteiger partial charge is 0.324 e. The van der Waals surface area contributed by atoms with E-state index in [0.717, 1.165) is 10.6 Å². The first-order chi connectivity index (χ1) is 8.15. The Balaban J connectivity index is 2.03. The molecular weight excluding hydrogens is 236 g/mol. The van der Waals surface area contributed by atoms with Gasteiger partial charge >= 0.3 is 6.03 Å². The van der Waals surface area contributed by atoms with Crippen molar-refractivity contribution in [2.45, 2.75) is 6.92 Å². The van der Waals surface area contributed by atoms with E-state index in [-0.39, 0.29) is 11.8 Å². The van der Waals surface area contributed by atoms with Crippen LogP contribution in [0.1, 0.15) is 5.56 Å². The molecule has 0 fully saturated rings. The number of urea groups is 1. The number of thiophene rings is 1. The third-order valence-electron chi connectivity index (χ3n) is 2.16. The molecule has 3 N–H and O–H groups in total. The van der Waals surface area contributed by atoms with Crippen molar-refractivity contribution in [3.63, 3.8) is 0 Å². The summed E-state index contributed by atoms with van der Waals surface area (Å²) < 4.78 is 0. The van der Waals surface area contributed by atoms with Gasteiger partial charge in [0.25, 0.3) is 0 Å². The minimum Gasteiger partial charge on any atom is -0.506 e. The van der Waals surface area contributed by atoms with Gasteiger partial charge < -0.3 is 10.4 Å². The molecule has 1 aromatic heterocycles. The molecule has 0 saturated heterocycles. The van der Waals surface area contributed by atoms with Crippen LogP contribution in [0, 0.1) is 6.92 Å². The summed E-state index contributed by atoms with van der Waals surface area (Å²) in [7, 11) is 0. The number of hydrogen-bond donors (Lipinski definition) is 3. The molecule has 1 aromatic carbocycles. The number of hydrogen-bond acceptors (Lipinski definition) is 3. The Morgan fingerprint density at radius 3 is 2.76 bits per heavy atom. The molecule has 0 aliphatic rings. The highest BCUT2D eigenvalue weighted by molar-refractivity contribution is 7.14. The number of nitrogens with one attached hydrogen (secondary N) is 2. The van der Waals surface area contributed by atoms with Crippen molar-refractivity contribution in [3.8, 4) is 5.75 Å². The van der Waals surface area contributed by atoms with Crippen LogP contribution in [-0.4, -0.2) is 11.1 Å². The van der Waals surface area contributed by atoms with E-state index in [2.05, 4.69) is 10.6 Å². The van der Waals surface area contributed by atoms with E-state index >= 15 is 0 Å². The second kappa shape index (κ2) is 4.88.